The molecule has 1 aromatic rings. The van der Waals surface area contributed by atoms with Crippen LogP contribution in [0, 0.1) is 11.6 Å². The summed E-state index contributed by atoms with van der Waals surface area (Å²) < 4.78 is 31.2. The zero-order valence-electron chi connectivity index (χ0n) is 10.9. The molecule has 0 aliphatic heterocycles. The van der Waals surface area contributed by atoms with Crippen molar-refractivity contribution in [3.63, 3.8) is 0 Å². The number of esters is 1. The maximum Gasteiger partial charge on any atom is 0.340 e. The maximum atomic E-state index is 13.5. The monoisotopic (exact) mass is 281 g/mol. The molecule has 106 valence electrons. The van der Waals surface area contributed by atoms with Crippen LogP contribution in [0.5, 0.6) is 0 Å². The van der Waals surface area contributed by atoms with Crippen LogP contribution in [0.4, 0.5) is 14.5 Å². The number of hydrogen-bond acceptors (Lipinski definition) is 3. The van der Waals surface area contributed by atoms with Crippen molar-refractivity contribution in [1.82, 2.24) is 0 Å². The van der Waals surface area contributed by atoms with Gasteiger partial charge >= 0.3 is 5.97 Å². The van der Waals surface area contributed by atoms with Gasteiger partial charge in [0.15, 0.2) is 0 Å². The highest BCUT2D eigenvalue weighted by atomic mass is 19.1. The van der Waals surface area contributed by atoms with E-state index in [0.29, 0.717) is 6.07 Å². The van der Waals surface area contributed by atoms with Gasteiger partial charge in [-0.3, -0.25) is 4.79 Å². The van der Waals surface area contributed by atoms with Crippen molar-refractivity contribution in [2.24, 2.45) is 0 Å². The summed E-state index contributed by atoms with van der Waals surface area (Å²) in [4.78, 5) is 22.7. The second-order valence-electron chi connectivity index (χ2n) is 3.68. The molecule has 0 aliphatic carbocycles. The van der Waals surface area contributed by atoms with Gasteiger partial charge in [-0.2, -0.15) is 0 Å². The minimum absolute atomic E-state index is 0.304. The van der Waals surface area contributed by atoms with Gasteiger partial charge in [-0.1, -0.05) is 18.2 Å². The highest BCUT2D eigenvalue weighted by Gasteiger charge is 2.17. The van der Waals surface area contributed by atoms with Crippen LogP contribution in [0.3, 0.4) is 0 Å². The summed E-state index contributed by atoms with van der Waals surface area (Å²) in [5, 5.41) is 2.21. The van der Waals surface area contributed by atoms with Crippen LogP contribution < -0.4 is 5.32 Å². The van der Waals surface area contributed by atoms with E-state index in [9.17, 15) is 18.4 Å². The second-order valence-corrected chi connectivity index (χ2v) is 3.68. The lowest BCUT2D eigenvalue weighted by Gasteiger charge is -2.07. The van der Waals surface area contributed by atoms with Crippen LogP contribution in [-0.4, -0.2) is 19.0 Å². The van der Waals surface area contributed by atoms with Gasteiger partial charge < -0.3 is 10.1 Å². The number of halogens is 2. The predicted molar refractivity (Wildman–Crippen MR) is 70.3 cm³/mol. The number of rotatable bonds is 4. The summed E-state index contributed by atoms with van der Waals surface area (Å²) in [6.07, 6.45) is 5.94. The lowest BCUT2D eigenvalue weighted by molar-refractivity contribution is -0.111. The molecule has 1 amide bonds. The number of ether oxygens (including phenoxy) is 1. The third-order valence-electron chi connectivity index (χ3n) is 2.27. The molecule has 0 heterocycles. The largest absolute Gasteiger partial charge is 0.465 e. The van der Waals surface area contributed by atoms with Gasteiger partial charge in [0.05, 0.1) is 18.4 Å². The first-order valence-corrected chi connectivity index (χ1v) is 5.67. The molecule has 4 nitrogen and oxygen atoms in total. The molecule has 1 rings (SSSR count). The number of carbonyl (C=O) groups is 2. The highest BCUT2D eigenvalue weighted by molar-refractivity contribution is 6.00. The fraction of sp³-hybridized carbons (Fsp3) is 0.143. The molecule has 6 heteroatoms. The Hall–Kier alpha value is -2.50. The third-order valence-corrected chi connectivity index (χ3v) is 2.27. The van der Waals surface area contributed by atoms with E-state index in [1.165, 1.54) is 12.2 Å². The summed E-state index contributed by atoms with van der Waals surface area (Å²) in [7, 11) is 1.07. The van der Waals surface area contributed by atoms with Gasteiger partial charge in [-0.25, -0.2) is 13.6 Å². The Balaban J connectivity index is 3.01. The first kappa shape index (κ1) is 15.6. The van der Waals surface area contributed by atoms with Crippen molar-refractivity contribution in [2.45, 2.75) is 6.92 Å². The van der Waals surface area contributed by atoms with E-state index in [0.717, 1.165) is 13.2 Å². The Bertz CT molecular complexity index is 580. The van der Waals surface area contributed by atoms with Crippen molar-refractivity contribution in [3.8, 4) is 0 Å². The Morgan fingerprint density at radius 1 is 1.20 bits per heavy atom. The number of carbonyl (C=O) groups excluding carboxylic acids is 2. The Kier molecular flexibility index (Phi) is 5.58. The van der Waals surface area contributed by atoms with Gasteiger partial charge in [0.1, 0.15) is 11.6 Å². The van der Waals surface area contributed by atoms with Crippen LogP contribution >= 0.6 is 0 Å². The Labute approximate surface area is 114 Å². The SMILES string of the molecule is CC=CC=CC(=O)Nc1cc(C(=O)OC)c(F)cc1F. The number of hydrogen-bond donors (Lipinski definition) is 1. The van der Waals surface area contributed by atoms with Crippen molar-refractivity contribution in [3.05, 3.63) is 53.6 Å². The van der Waals surface area contributed by atoms with Gasteiger partial charge in [0.2, 0.25) is 5.91 Å². The molecule has 1 N–H and O–H groups in total. The topological polar surface area (TPSA) is 55.4 Å². The molecule has 0 aromatic heterocycles. The minimum atomic E-state index is -1.06. The fourth-order valence-corrected chi connectivity index (χ4v) is 1.34. The van der Waals surface area contributed by atoms with E-state index in [1.54, 1.807) is 19.1 Å². The summed E-state index contributed by atoms with van der Waals surface area (Å²) in [5.41, 5.74) is -0.761. The van der Waals surface area contributed by atoms with Crippen LogP contribution in [0.15, 0.2) is 36.4 Å². The number of allylic oxidation sites excluding steroid dienone is 3. The number of anilines is 1. The standard InChI is InChI=1S/C14H13F2NO3/c1-3-4-5-6-13(18)17-12-7-9(14(19)20-2)10(15)8-11(12)16/h3-8H,1-2H3,(H,17,18). The molecule has 0 unspecified atom stereocenters. The van der Waals surface area contributed by atoms with E-state index in [2.05, 4.69) is 10.1 Å². The molecule has 0 atom stereocenters. The normalized spacial score (nSPS) is 11.0. The summed E-state index contributed by atoms with van der Waals surface area (Å²) in [6.45, 7) is 1.77. The lowest BCUT2D eigenvalue weighted by Crippen LogP contribution is -2.12. The molecule has 0 spiro atoms. The zero-order valence-corrected chi connectivity index (χ0v) is 10.9. The predicted octanol–water partition coefficient (Wildman–Crippen LogP) is 2.82. The van der Waals surface area contributed by atoms with Gasteiger partial charge in [0, 0.05) is 12.1 Å². The van der Waals surface area contributed by atoms with Crippen LogP contribution in [-0.2, 0) is 9.53 Å². The molecule has 20 heavy (non-hydrogen) atoms. The minimum Gasteiger partial charge on any atom is -0.465 e. The average molecular weight is 281 g/mol. The molecular formula is C14H13F2NO3. The van der Waals surface area contributed by atoms with E-state index in [-0.39, 0.29) is 5.69 Å². The van der Waals surface area contributed by atoms with Crippen molar-refractivity contribution < 1.29 is 23.1 Å². The summed E-state index contributed by atoms with van der Waals surface area (Å²) in [5.74, 6) is -3.60. The maximum absolute atomic E-state index is 13.5. The van der Waals surface area contributed by atoms with Gasteiger partial charge in [0.25, 0.3) is 0 Å². The van der Waals surface area contributed by atoms with E-state index in [1.807, 2.05) is 0 Å². The quantitative estimate of drug-likeness (QED) is 0.524. The summed E-state index contributed by atoms with van der Waals surface area (Å²) >= 11 is 0. The van der Waals surface area contributed by atoms with E-state index >= 15 is 0 Å². The molecular weight excluding hydrogens is 268 g/mol. The Morgan fingerprint density at radius 2 is 1.90 bits per heavy atom. The lowest BCUT2D eigenvalue weighted by atomic mass is 10.1. The highest BCUT2D eigenvalue weighted by Crippen LogP contribution is 2.20. The zero-order chi connectivity index (χ0) is 15.1. The fourth-order valence-electron chi connectivity index (χ4n) is 1.34. The molecule has 0 saturated carbocycles. The van der Waals surface area contributed by atoms with Crippen molar-refractivity contribution >= 4 is 17.6 Å². The molecule has 0 radical (unpaired) electrons. The number of benzene rings is 1. The number of nitrogens with one attached hydrogen (secondary N) is 1. The second kappa shape index (κ2) is 7.18. The van der Waals surface area contributed by atoms with Crippen LogP contribution in [0.1, 0.15) is 17.3 Å². The average Bonchev–Trinajstić information content (AvgIpc) is 2.41. The van der Waals surface area contributed by atoms with Gasteiger partial charge in [-0.05, 0) is 13.0 Å². The summed E-state index contributed by atoms with van der Waals surface area (Å²) in [6, 6.07) is 1.40. The molecule has 0 bridgehead atoms. The van der Waals surface area contributed by atoms with E-state index < -0.39 is 29.1 Å². The molecule has 0 fully saturated rings. The Morgan fingerprint density at radius 3 is 2.50 bits per heavy atom. The van der Waals surface area contributed by atoms with Crippen molar-refractivity contribution in [2.75, 3.05) is 12.4 Å². The molecule has 0 aliphatic rings. The molecule has 1 aromatic carbocycles. The first-order valence-electron chi connectivity index (χ1n) is 5.67. The first-order chi connectivity index (χ1) is 9.49. The smallest absolute Gasteiger partial charge is 0.340 e. The van der Waals surface area contributed by atoms with E-state index in [4.69, 9.17) is 0 Å². The number of methoxy groups -OCH3 is 1. The van der Waals surface area contributed by atoms with Crippen LogP contribution in [0.2, 0.25) is 0 Å². The van der Waals surface area contributed by atoms with Gasteiger partial charge in [-0.15, -0.1) is 0 Å². The van der Waals surface area contributed by atoms with Crippen molar-refractivity contribution in [1.29, 1.82) is 0 Å². The third kappa shape index (κ3) is 4.01. The number of amides is 1. The van der Waals surface area contributed by atoms with Crippen LogP contribution in [0.25, 0.3) is 0 Å². The molecule has 0 saturated heterocycles.